The Morgan fingerprint density at radius 2 is 1.68 bits per heavy atom. The third kappa shape index (κ3) is 3.17. The summed E-state index contributed by atoms with van der Waals surface area (Å²) in [6.45, 7) is 12.3. The molecule has 8 heteroatoms. The van der Waals surface area contributed by atoms with Crippen molar-refractivity contribution in [1.29, 1.82) is 0 Å². The van der Waals surface area contributed by atoms with E-state index in [-0.39, 0.29) is 12.0 Å². The van der Waals surface area contributed by atoms with Crippen molar-refractivity contribution >= 4 is 11.9 Å². The van der Waals surface area contributed by atoms with Crippen LogP contribution in [0.15, 0.2) is 0 Å². The highest BCUT2D eigenvalue weighted by molar-refractivity contribution is 5.41. The van der Waals surface area contributed by atoms with Crippen molar-refractivity contribution in [3.8, 4) is 0 Å². The van der Waals surface area contributed by atoms with Crippen molar-refractivity contribution in [2.24, 2.45) is 0 Å². The normalized spacial score (nSPS) is 17.3. The lowest BCUT2D eigenvalue weighted by Crippen LogP contribution is -2.39. The molecule has 0 aromatic carbocycles. The zero-order valence-corrected chi connectivity index (χ0v) is 16.2. The molecule has 136 valence electrons. The monoisotopic (exact) mass is 344 g/mol. The summed E-state index contributed by atoms with van der Waals surface area (Å²) >= 11 is 0. The highest BCUT2D eigenvalue weighted by Gasteiger charge is 2.31. The van der Waals surface area contributed by atoms with Gasteiger partial charge in [0.15, 0.2) is 5.82 Å². The minimum Gasteiger partial charge on any atom is -0.347 e. The first-order chi connectivity index (χ1) is 11.8. The summed E-state index contributed by atoms with van der Waals surface area (Å²) in [5.41, 5.74) is 0. The average molecular weight is 344 g/mol. The molecular weight excluding hydrogens is 316 g/mol. The van der Waals surface area contributed by atoms with Gasteiger partial charge in [0.2, 0.25) is 11.9 Å². The summed E-state index contributed by atoms with van der Waals surface area (Å²) in [7, 11) is 3.91. The number of anilines is 2. The Morgan fingerprint density at radius 3 is 2.28 bits per heavy atom. The van der Waals surface area contributed by atoms with Crippen molar-refractivity contribution in [3.63, 3.8) is 0 Å². The van der Waals surface area contributed by atoms with Crippen LogP contribution in [0.25, 0.3) is 0 Å². The molecule has 3 heterocycles. The van der Waals surface area contributed by atoms with Crippen LogP contribution < -0.4 is 9.80 Å². The van der Waals surface area contributed by atoms with Crippen LogP contribution in [0.5, 0.6) is 0 Å². The molecule has 0 radical (unpaired) electrons. The molecule has 0 amide bonds. The molecule has 1 aliphatic rings. The van der Waals surface area contributed by atoms with Crippen LogP contribution in [0, 0.1) is 0 Å². The maximum Gasteiger partial charge on any atom is 0.231 e. The van der Waals surface area contributed by atoms with E-state index < -0.39 is 0 Å². The van der Waals surface area contributed by atoms with Crippen LogP contribution >= 0.6 is 0 Å². The molecule has 0 saturated carbocycles. The van der Waals surface area contributed by atoms with E-state index in [0.29, 0.717) is 11.9 Å². The number of fused-ring (bicyclic) bond motifs is 1. The van der Waals surface area contributed by atoms with E-state index in [2.05, 4.69) is 64.3 Å². The fourth-order valence-electron chi connectivity index (χ4n) is 3.06. The largest absolute Gasteiger partial charge is 0.347 e. The van der Waals surface area contributed by atoms with Gasteiger partial charge in [-0.1, -0.05) is 27.7 Å². The van der Waals surface area contributed by atoms with Crippen molar-refractivity contribution in [1.82, 2.24) is 29.7 Å². The molecule has 1 atom stereocenters. The highest BCUT2D eigenvalue weighted by atomic mass is 15.4. The van der Waals surface area contributed by atoms with Crippen LogP contribution in [-0.4, -0.2) is 50.4 Å². The second kappa shape index (κ2) is 6.57. The Labute approximate surface area is 149 Å². The summed E-state index contributed by atoms with van der Waals surface area (Å²) in [6, 6.07) is 0.0752. The molecule has 2 aromatic rings. The number of rotatable bonds is 4. The number of hydrogen-bond acceptors (Lipinski definition) is 7. The van der Waals surface area contributed by atoms with Gasteiger partial charge < -0.3 is 14.4 Å². The first-order valence-electron chi connectivity index (χ1n) is 8.92. The zero-order valence-electron chi connectivity index (χ0n) is 16.2. The zero-order chi connectivity index (χ0) is 18.3. The SMILES string of the molecule is CC(C)c1nc(N(C)C)nc(N2CCn3c(C(C)C)nnc3C2C)n1. The Morgan fingerprint density at radius 1 is 0.960 bits per heavy atom. The molecular formula is C17H28N8. The van der Waals surface area contributed by atoms with Gasteiger partial charge in [-0.25, -0.2) is 0 Å². The molecule has 1 unspecified atom stereocenters. The first-order valence-corrected chi connectivity index (χ1v) is 8.92. The Balaban J connectivity index is 1.99. The molecule has 8 nitrogen and oxygen atoms in total. The van der Waals surface area contributed by atoms with Gasteiger partial charge in [0.25, 0.3) is 0 Å². The number of aromatic nitrogens is 6. The molecule has 3 rings (SSSR count). The summed E-state index contributed by atoms with van der Waals surface area (Å²) in [5, 5.41) is 8.83. The van der Waals surface area contributed by atoms with E-state index in [0.717, 1.165) is 36.5 Å². The summed E-state index contributed by atoms with van der Waals surface area (Å²) in [6.07, 6.45) is 0. The van der Waals surface area contributed by atoms with Crippen LogP contribution in [0.1, 0.15) is 70.0 Å². The van der Waals surface area contributed by atoms with Crippen LogP contribution in [0.2, 0.25) is 0 Å². The lowest BCUT2D eigenvalue weighted by Gasteiger charge is -2.34. The van der Waals surface area contributed by atoms with Crippen molar-refractivity contribution in [2.45, 2.75) is 59.0 Å². The van der Waals surface area contributed by atoms with Crippen molar-refractivity contribution < 1.29 is 0 Å². The Hall–Kier alpha value is -2.25. The van der Waals surface area contributed by atoms with E-state index in [9.17, 15) is 0 Å². The predicted octanol–water partition coefficient (Wildman–Crippen LogP) is 2.36. The van der Waals surface area contributed by atoms with Gasteiger partial charge in [0, 0.05) is 39.0 Å². The first kappa shape index (κ1) is 17.6. The fraction of sp³-hybridized carbons (Fsp3) is 0.706. The van der Waals surface area contributed by atoms with E-state index in [1.54, 1.807) is 0 Å². The van der Waals surface area contributed by atoms with Crippen LogP contribution in [-0.2, 0) is 6.54 Å². The van der Waals surface area contributed by atoms with Crippen molar-refractivity contribution in [2.75, 3.05) is 30.4 Å². The van der Waals surface area contributed by atoms with E-state index in [1.165, 1.54) is 0 Å². The lowest BCUT2D eigenvalue weighted by atomic mass is 10.1. The van der Waals surface area contributed by atoms with E-state index in [1.807, 2.05) is 19.0 Å². The fourth-order valence-corrected chi connectivity index (χ4v) is 3.06. The minimum atomic E-state index is 0.0752. The van der Waals surface area contributed by atoms with Gasteiger partial charge >= 0.3 is 0 Å². The molecule has 0 N–H and O–H groups in total. The molecule has 1 aliphatic heterocycles. The van der Waals surface area contributed by atoms with Crippen LogP contribution in [0.4, 0.5) is 11.9 Å². The third-order valence-electron chi connectivity index (χ3n) is 4.53. The Bertz CT molecular complexity index is 723. The standard InChI is InChI=1S/C17H28N8/c1-10(2)13-18-16(23(6)7)20-17(19-13)24-8-9-25-14(11(3)4)21-22-15(25)12(24)5/h10-12H,8-9H2,1-7H3. The Kier molecular flexibility index (Phi) is 4.62. The summed E-state index contributed by atoms with van der Waals surface area (Å²) in [5.74, 6) is 4.87. The molecule has 0 fully saturated rings. The highest BCUT2D eigenvalue weighted by Crippen LogP contribution is 2.30. The topological polar surface area (TPSA) is 75.9 Å². The van der Waals surface area contributed by atoms with Gasteiger partial charge in [-0.3, -0.25) is 0 Å². The van der Waals surface area contributed by atoms with Crippen LogP contribution in [0.3, 0.4) is 0 Å². The molecule has 2 aromatic heterocycles. The number of nitrogens with zero attached hydrogens (tertiary/aromatic N) is 8. The second-order valence-electron chi connectivity index (χ2n) is 7.43. The van der Waals surface area contributed by atoms with Gasteiger partial charge in [-0.05, 0) is 6.92 Å². The van der Waals surface area contributed by atoms with E-state index >= 15 is 0 Å². The van der Waals surface area contributed by atoms with E-state index in [4.69, 9.17) is 4.98 Å². The molecule has 0 saturated heterocycles. The minimum absolute atomic E-state index is 0.0752. The second-order valence-corrected chi connectivity index (χ2v) is 7.43. The van der Waals surface area contributed by atoms with Gasteiger partial charge in [-0.15, -0.1) is 10.2 Å². The quantitative estimate of drug-likeness (QED) is 0.842. The molecule has 25 heavy (non-hydrogen) atoms. The molecule has 0 aliphatic carbocycles. The average Bonchev–Trinajstić information content (AvgIpc) is 2.99. The summed E-state index contributed by atoms with van der Waals surface area (Å²) in [4.78, 5) is 18.1. The number of hydrogen-bond donors (Lipinski definition) is 0. The maximum absolute atomic E-state index is 4.72. The van der Waals surface area contributed by atoms with Gasteiger partial charge in [0.05, 0.1) is 6.04 Å². The smallest absolute Gasteiger partial charge is 0.231 e. The van der Waals surface area contributed by atoms with Crippen molar-refractivity contribution in [3.05, 3.63) is 17.5 Å². The molecule has 0 bridgehead atoms. The van der Waals surface area contributed by atoms with Gasteiger partial charge in [-0.2, -0.15) is 15.0 Å². The van der Waals surface area contributed by atoms with Gasteiger partial charge in [0.1, 0.15) is 11.6 Å². The lowest BCUT2D eigenvalue weighted by molar-refractivity contribution is 0.471. The third-order valence-corrected chi connectivity index (χ3v) is 4.53. The predicted molar refractivity (Wildman–Crippen MR) is 98.1 cm³/mol. The summed E-state index contributed by atoms with van der Waals surface area (Å²) < 4.78 is 2.24. The maximum atomic E-state index is 4.72. The molecule has 0 spiro atoms.